The van der Waals surface area contributed by atoms with Crippen molar-refractivity contribution in [3.63, 3.8) is 0 Å². The van der Waals surface area contributed by atoms with Crippen molar-refractivity contribution >= 4 is 5.97 Å². The molecule has 0 atom stereocenters. The molecule has 0 aliphatic carbocycles. The van der Waals surface area contributed by atoms with Crippen LogP contribution >= 0.6 is 0 Å². The summed E-state index contributed by atoms with van der Waals surface area (Å²) in [5.74, 6) is 0.678. The second-order valence-corrected chi connectivity index (χ2v) is 5.43. The minimum atomic E-state index is -0.0347. The molecule has 0 spiro atoms. The molecule has 0 unspecified atom stereocenters. The van der Waals surface area contributed by atoms with E-state index in [1.54, 1.807) is 0 Å². The van der Waals surface area contributed by atoms with E-state index in [-0.39, 0.29) is 5.97 Å². The lowest BCUT2D eigenvalue weighted by Gasteiger charge is -2.32. The van der Waals surface area contributed by atoms with Crippen molar-refractivity contribution in [2.75, 3.05) is 46.9 Å². The molecular weight excluding hydrogens is 228 g/mol. The van der Waals surface area contributed by atoms with Crippen LogP contribution in [0, 0.1) is 5.92 Å². The Kier molecular flexibility index (Phi) is 7.28. The van der Waals surface area contributed by atoms with E-state index < -0.39 is 0 Å². The average Bonchev–Trinajstić information content (AvgIpc) is 2.35. The highest BCUT2D eigenvalue weighted by Gasteiger charge is 2.19. The van der Waals surface area contributed by atoms with Gasteiger partial charge < -0.3 is 14.5 Å². The Morgan fingerprint density at radius 2 is 2.00 bits per heavy atom. The summed E-state index contributed by atoms with van der Waals surface area (Å²) in [6, 6.07) is 0. The van der Waals surface area contributed by atoms with Crippen molar-refractivity contribution in [1.29, 1.82) is 0 Å². The minimum Gasteiger partial charge on any atom is -0.466 e. The summed E-state index contributed by atoms with van der Waals surface area (Å²) in [5.41, 5.74) is 0. The van der Waals surface area contributed by atoms with Gasteiger partial charge in [-0.25, -0.2) is 0 Å². The van der Waals surface area contributed by atoms with Crippen molar-refractivity contribution in [3.8, 4) is 0 Å². The van der Waals surface area contributed by atoms with Gasteiger partial charge in [0.05, 0.1) is 6.61 Å². The van der Waals surface area contributed by atoms with Crippen LogP contribution in [0.15, 0.2) is 0 Å². The van der Waals surface area contributed by atoms with Crippen LogP contribution < -0.4 is 0 Å². The lowest BCUT2D eigenvalue weighted by Crippen LogP contribution is -2.38. The first kappa shape index (κ1) is 15.4. The fourth-order valence-corrected chi connectivity index (χ4v) is 2.40. The summed E-state index contributed by atoms with van der Waals surface area (Å²) < 4.78 is 4.96. The Hall–Kier alpha value is -0.610. The molecule has 1 saturated heterocycles. The molecule has 1 fully saturated rings. The fraction of sp³-hybridized carbons (Fsp3) is 0.929. The van der Waals surface area contributed by atoms with Gasteiger partial charge in [-0.3, -0.25) is 4.79 Å². The number of piperidine rings is 1. The van der Waals surface area contributed by atoms with Crippen LogP contribution in [0.25, 0.3) is 0 Å². The van der Waals surface area contributed by atoms with E-state index >= 15 is 0 Å². The summed E-state index contributed by atoms with van der Waals surface area (Å²) in [4.78, 5) is 16.0. The maximum absolute atomic E-state index is 11.3. The Morgan fingerprint density at radius 3 is 2.56 bits per heavy atom. The highest BCUT2D eigenvalue weighted by molar-refractivity contribution is 5.69. The minimum absolute atomic E-state index is 0.0347. The molecule has 1 aliphatic rings. The molecule has 0 aromatic heterocycles. The quantitative estimate of drug-likeness (QED) is 0.648. The maximum Gasteiger partial charge on any atom is 0.305 e. The molecule has 0 aromatic carbocycles. The first-order valence-corrected chi connectivity index (χ1v) is 7.14. The van der Waals surface area contributed by atoms with E-state index in [4.69, 9.17) is 4.74 Å². The van der Waals surface area contributed by atoms with Crippen molar-refractivity contribution in [3.05, 3.63) is 0 Å². The van der Waals surface area contributed by atoms with Crippen molar-refractivity contribution in [1.82, 2.24) is 9.80 Å². The van der Waals surface area contributed by atoms with Crippen LogP contribution in [0.2, 0.25) is 0 Å². The number of likely N-dealkylation sites (N-methyl/N-ethyl adjacent to an activating group) is 1. The number of nitrogens with zero attached hydrogens (tertiary/aromatic N) is 2. The highest BCUT2D eigenvalue weighted by atomic mass is 16.5. The van der Waals surface area contributed by atoms with Crippen LogP contribution in [0.3, 0.4) is 0 Å². The Bertz CT molecular complexity index is 236. The molecule has 106 valence electrons. The summed E-state index contributed by atoms with van der Waals surface area (Å²) >= 11 is 0. The van der Waals surface area contributed by atoms with Gasteiger partial charge in [0.15, 0.2) is 0 Å². The van der Waals surface area contributed by atoms with E-state index in [2.05, 4.69) is 23.9 Å². The molecule has 1 aliphatic heterocycles. The van der Waals surface area contributed by atoms with E-state index in [1.165, 1.54) is 25.9 Å². The first-order valence-electron chi connectivity index (χ1n) is 7.14. The van der Waals surface area contributed by atoms with Crippen LogP contribution in [-0.4, -0.2) is 62.7 Å². The summed E-state index contributed by atoms with van der Waals surface area (Å²) in [5, 5.41) is 0. The van der Waals surface area contributed by atoms with Gasteiger partial charge in [-0.15, -0.1) is 0 Å². The van der Waals surface area contributed by atoms with Crippen molar-refractivity contribution < 1.29 is 9.53 Å². The van der Waals surface area contributed by atoms with Gasteiger partial charge in [-0.1, -0.05) is 0 Å². The molecular formula is C14H28N2O2. The number of hydrogen-bond donors (Lipinski definition) is 0. The fourth-order valence-electron chi connectivity index (χ4n) is 2.40. The maximum atomic E-state index is 11.3. The first-order chi connectivity index (χ1) is 8.61. The monoisotopic (exact) mass is 256 g/mol. The SMILES string of the molecule is CCOC(=O)CCC1CCN(CCN(C)C)CC1. The zero-order valence-corrected chi connectivity index (χ0v) is 12.2. The largest absolute Gasteiger partial charge is 0.466 e. The summed E-state index contributed by atoms with van der Waals surface area (Å²) in [7, 11) is 4.23. The smallest absolute Gasteiger partial charge is 0.305 e. The normalized spacial score (nSPS) is 18.2. The van der Waals surface area contributed by atoms with Crippen LogP contribution in [-0.2, 0) is 9.53 Å². The van der Waals surface area contributed by atoms with Gasteiger partial charge in [-0.2, -0.15) is 0 Å². The number of carbonyl (C=O) groups excluding carboxylic acids is 1. The van der Waals surface area contributed by atoms with Crippen molar-refractivity contribution in [2.45, 2.75) is 32.6 Å². The van der Waals surface area contributed by atoms with Gasteiger partial charge in [0.2, 0.25) is 0 Å². The van der Waals surface area contributed by atoms with E-state index in [0.717, 1.165) is 19.5 Å². The average molecular weight is 256 g/mol. The number of rotatable bonds is 7. The Morgan fingerprint density at radius 1 is 1.33 bits per heavy atom. The van der Waals surface area contributed by atoms with Crippen LogP contribution in [0.1, 0.15) is 32.6 Å². The molecule has 4 nitrogen and oxygen atoms in total. The van der Waals surface area contributed by atoms with Gasteiger partial charge in [0.1, 0.15) is 0 Å². The van der Waals surface area contributed by atoms with E-state index in [0.29, 0.717) is 18.9 Å². The highest BCUT2D eigenvalue weighted by Crippen LogP contribution is 2.21. The third-order valence-corrected chi connectivity index (χ3v) is 3.63. The standard InChI is InChI=1S/C14H28N2O2/c1-4-18-14(17)6-5-13-7-9-16(10-8-13)12-11-15(2)3/h13H,4-12H2,1-3H3. The third-order valence-electron chi connectivity index (χ3n) is 3.63. The van der Waals surface area contributed by atoms with Crippen LogP contribution in [0.5, 0.6) is 0 Å². The molecule has 1 rings (SSSR count). The lowest BCUT2D eigenvalue weighted by molar-refractivity contribution is -0.143. The van der Waals surface area contributed by atoms with Gasteiger partial charge in [0, 0.05) is 19.5 Å². The molecule has 0 radical (unpaired) electrons. The van der Waals surface area contributed by atoms with Gasteiger partial charge in [-0.05, 0) is 59.3 Å². The molecule has 0 saturated carbocycles. The van der Waals surface area contributed by atoms with E-state index in [1.807, 2.05) is 6.92 Å². The second kappa shape index (κ2) is 8.48. The van der Waals surface area contributed by atoms with Gasteiger partial charge in [0.25, 0.3) is 0 Å². The zero-order valence-electron chi connectivity index (χ0n) is 12.2. The van der Waals surface area contributed by atoms with Crippen LogP contribution in [0.4, 0.5) is 0 Å². The lowest BCUT2D eigenvalue weighted by atomic mass is 9.92. The third kappa shape index (κ3) is 6.36. The predicted molar refractivity (Wildman–Crippen MR) is 73.6 cm³/mol. The number of ether oxygens (including phenoxy) is 1. The number of hydrogen-bond acceptors (Lipinski definition) is 4. The molecule has 1 heterocycles. The number of esters is 1. The van der Waals surface area contributed by atoms with E-state index in [9.17, 15) is 4.79 Å². The zero-order chi connectivity index (χ0) is 13.4. The molecule has 0 aromatic rings. The molecule has 18 heavy (non-hydrogen) atoms. The second-order valence-electron chi connectivity index (χ2n) is 5.43. The van der Waals surface area contributed by atoms with Crippen molar-refractivity contribution in [2.24, 2.45) is 5.92 Å². The molecule has 4 heteroatoms. The molecule has 0 bridgehead atoms. The summed E-state index contributed by atoms with van der Waals surface area (Å²) in [6.45, 7) is 7.02. The number of likely N-dealkylation sites (tertiary alicyclic amines) is 1. The molecule has 0 N–H and O–H groups in total. The Labute approximate surface area is 111 Å². The predicted octanol–water partition coefficient (Wildman–Crippen LogP) is 1.60. The Balaban J connectivity index is 2.09. The molecule has 0 amide bonds. The summed E-state index contributed by atoms with van der Waals surface area (Å²) in [6.07, 6.45) is 4.05. The van der Waals surface area contributed by atoms with Gasteiger partial charge >= 0.3 is 5.97 Å². The number of carbonyl (C=O) groups is 1. The topological polar surface area (TPSA) is 32.8 Å².